The molecule has 0 saturated carbocycles. The van der Waals surface area contributed by atoms with Gasteiger partial charge in [0.15, 0.2) is 6.54 Å². The van der Waals surface area contributed by atoms with Gasteiger partial charge in [-0.2, -0.15) is 0 Å². The Labute approximate surface area is 252 Å². The largest absolute Gasteiger partial charge is 0.497 e. The van der Waals surface area contributed by atoms with Crippen molar-refractivity contribution >= 4 is 38.9 Å². The summed E-state index contributed by atoms with van der Waals surface area (Å²) in [6, 6.07) is 15.8. The normalized spacial score (nSPS) is 11.5. The molecule has 0 aliphatic rings. The third kappa shape index (κ3) is 12.8. The van der Waals surface area contributed by atoms with Gasteiger partial charge >= 0.3 is 11.1 Å². The molecule has 1 heterocycles. The van der Waals surface area contributed by atoms with Crippen molar-refractivity contribution in [2.24, 2.45) is 4.99 Å². The molecule has 0 aliphatic heterocycles. The molecule has 2 aromatic carbocycles. The average Bonchev–Trinajstić information content (AvgIpc) is 3.34. The van der Waals surface area contributed by atoms with Crippen LogP contribution in [0.5, 0.6) is 5.75 Å². The Morgan fingerprint density at radius 2 is 1.34 bits per heavy atom. The molecule has 0 bridgehead atoms. The number of fused-ring (bicyclic) bond motifs is 1. The van der Waals surface area contributed by atoms with Gasteiger partial charge in [-0.15, -0.1) is 0 Å². The molecule has 0 amide bonds. The number of thiazole rings is 1. The topological polar surface area (TPSA) is 51.8 Å². The van der Waals surface area contributed by atoms with Crippen LogP contribution in [-0.2, 0) is 16.1 Å². The molecule has 0 unspecified atom stereocenters. The Morgan fingerprint density at radius 1 is 0.780 bits per heavy atom. The molecule has 1 aromatic heterocycles. The lowest BCUT2D eigenvalue weighted by atomic mass is 10.0. The van der Waals surface area contributed by atoms with Crippen LogP contribution in [0.15, 0.2) is 53.5 Å². The van der Waals surface area contributed by atoms with E-state index in [0.717, 1.165) is 39.5 Å². The molecule has 224 valence electrons. The Bertz CT molecular complexity index is 1160. The molecule has 3 rings (SSSR count). The van der Waals surface area contributed by atoms with Crippen molar-refractivity contribution < 1.29 is 18.8 Å². The van der Waals surface area contributed by atoms with Crippen LogP contribution in [0.2, 0.25) is 0 Å². The molecule has 5 nitrogen and oxygen atoms in total. The van der Waals surface area contributed by atoms with Gasteiger partial charge in [0, 0.05) is 5.56 Å². The monoisotopic (exact) mass is 579 g/mol. The maximum atomic E-state index is 12.7. The van der Waals surface area contributed by atoms with Gasteiger partial charge in [-0.25, -0.2) is 9.36 Å². The number of ether oxygens (including phenoxy) is 2. The lowest BCUT2D eigenvalue weighted by Gasteiger charge is -2.05. The van der Waals surface area contributed by atoms with Gasteiger partial charge in [-0.1, -0.05) is 115 Å². The highest BCUT2D eigenvalue weighted by molar-refractivity contribution is 7.21. The summed E-state index contributed by atoms with van der Waals surface area (Å²) in [5, 5.41) is 0.779. The maximum Gasteiger partial charge on any atom is 0.383 e. The zero-order chi connectivity index (χ0) is 29.0. The third-order valence-corrected chi connectivity index (χ3v) is 8.65. The number of benzene rings is 2. The van der Waals surface area contributed by atoms with Crippen molar-refractivity contribution in [3.8, 4) is 5.75 Å². The van der Waals surface area contributed by atoms with Gasteiger partial charge < -0.3 is 9.47 Å². The minimum absolute atomic E-state index is 0.165. The molecular weight excluding hydrogens is 528 g/mol. The van der Waals surface area contributed by atoms with Crippen LogP contribution in [-0.4, -0.2) is 25.9 Å². The van der Waals surface area contributed by atoms with Crippen molar-refractivity contribution in [2.75, 3.05) is 13.7 Å². The number of hydrogen-bond donors (Lipinski definition) is 0. The number of carbonyl (C=O) groups is 1. The van der Waals surface area contributed by atoms with Crippen LogP contribution in [0.1, 0.15) is 115 Å². The van der Waals surface area contributed by atoms with E-state index < -0.39 is 0 Å². The predicted molar refractivity (Wildman–Crippen MR) is 173 cm³/mol. The van der Waals surface area contributed by atoms with Gasteiger partial charge in [-0.3, -0.25) is 0 Å². The van der Waals surface area contributed by atoms with Crippen LogP contribution in [0.3, 0.4) is 0 Å². The summed E-state index contributed by atoms with van der Waals surface area (Å²) in [6.07, 6.45) is 23.2. The molecule has 0 saturated heterocycles. The quantitative estimate of drug-likeness (QED) is 0.0515. The van der Waals surface area contributed by atoms with Crippen molar-refractivity contribution in [1.29, 1.82) is 0 Å². The summed E-state index contributed by atoms with van der Waals surface area (Å²) < 4.78 is 13.9. The van der Waals surface area contributed by atoms with E-state index in [-0.39, 0.29) is 12.5 Å². The smallest absolute Gasteiger partial charge is 0.383 e. The van der Waals surface area contributed by atoms with Gasteiger partial charge in [0.25, 0.3) is 0 Å². The molecule has 0 radical (unpaired) electrons. The molecule has 0 atom stereocenters. The van der Waals surface area contributed by atoms with Gasteiger partial charge in [0.1, 0.15) is 17.5 Å². The number of nitrogens with zero attached hydrogens (tertiary/aromatic N) is 2. The molecule has 0 N–H and O–H groups in total. The van der Waals surface area contributed by atoms with Crippen LogP contribution < -0.4 is 9.30 Å². The lowest BCUT2D eigenvalue weighted by Crippen LogP contribution is -2.37. The molecule has 3 aromatic rings. The molecular formula is C35H51N2O3S+. The van der Waals surface area contributed by atoms with Gasteiger partial charge in [-0.05, 0) is 59.1 Å². The second kappa shape index (κ2) is 20.2. The molecule has 6 heteroatoms. The van der Waals surface area contributed by atoms with E-state index in [4.69, 9.17) is 14.5 Å². The fraction of sp³-hybridized carbons (Fsp3) is 0.571. The summed E-state index contributed by atoms with van der Waals surface area (Å²) in [5.41, 5.74) is 1.97. The van der Waals surface area contributed by atoms with Crippen molar-refractivity contribution in [3.63, 3.8) is 0 Å². The van der Waals surface area contributed by atoms with E-state index in [1.54, 1.807) is 18.4 Å². The second-order valence-corrected chi connectivity index (χ2v) is 12.0. The van der Waals surface area contributed by atoms with E-state index in [0.29, 0.717) is 6.61 Å². The van der Waals surface area contributed by atoms with Crippen LogP contribution in [0.25, 0.3) is 10.2 Å². The van der Waals surface area contributed by atoms with E-state index in [1.165, 1.54) is 89.9 Å². The predicted octanol–water partition coefficient (Wildman–Crippen LogP) is 9.75. The first-order valence-corrected chi connectivity index (χ1v) is 16.8. The highest BCUT2D eigenvalue weighted by atomic mass is 32.1. The molecule has 0 aliphatic carbocycles. The molecule has 0 fully saturated rings. The van der Waals surface area contributed by atoms with E-state index >= 15 is 0 Å². The number of unbranched alkanes of at least 4 members (excludes halogenated alkanes) is 15. The number of rotatable bonds is 22. The minimum atomic E-state index is -0.208. The number of hydrogen-bond acceptors (Lipinski definition) is 5. The first-order valence-electron chi connectivity index (χ1n) is 16.0. The SMILES string of the molecule is CCCCCCCCCCCCCCCCCCOC(=O)C[n+]1c(/N=C/c2ccc(OC)cc2)sc2ccccc21. The fourth-order valence-corrected chi connectivity index (χ4v) is 6.11. The van der Waals surface area contributed by atoms with E-state index in [2.05, 4.69) is 13.0 Å². The van der Waals surface area contributed by atoms with Crippen LogP contribution in [0.4, 0.5) is 5.13 Å². The van der Waals surface area contributed by atoms with Crippen LogP contribution >= 0.6 is 11.3 Å². The maximum absolute atomic E-state index is 12.7. The highest BCUT2D eigenvalue weighted by Gasteiger charge is 2.21. The Morgan fingerprint density at radius 3 is 1.93 bits per heavy atom. The number of aliphatic imine (C=N–C) groups is 1. The first-order chi connectivity index (χ1) is 20.2. The molecule has 0 spiro atoms. The van der Waals surface area contributed by atoms with Gasteiger partial charge in [0.2, 0.25) is 0 Å². The van der Waals surface area contributed by atoms with Crippen molar-refractivity contribution in [2.45, 2.75) is 116 Å². The summed E-state index contributed by atoms with van der Waals surface area (Å²) in [7, 11) is 1.66. The van der Waals surface area contributed by atoms with Crippen LogP contribution in [0, 0.1) is 0 Å². The van der Waals surface area contributed by atoms with Crippen molar-refractivity contribution in [1.82, 2.24) is 0 Å². The average molecular weight is 580 g/mol. The fourth-order valence-electron chi connectivity index (χ4n) is 5.10. The third-order valence-electron chi connectivity index (χ3n) is 7.58. The van der Waals surface area contributed by atoms with E-state index in [9.17, 15) is 4.79 Å². The zero-order valence-corrected chi connectivity index (χ0v) is 26.3. The summed E-state index contributed by atoms with van der Waals surface area (Å²) in [5.74, 6) is 0.603. The summed E-state index contributed by atoms with van der Waals surface area (Å²) >= 11 is 1.58. The minimum Gasteiger partial charge on any atom is -0.497 e. The Balaban J connectivity index is 1.28. The summed E-state index contributed by atoms with van der Waals surface area (Å²) in [4.78, 5) is 17.4. The number of methoxy groups -OCH3 is 1. The molecule has 41 heavy (non-hydrogen) atoms. The first kappa shape index (κ1) is 32.8. The second-order valence-electron chi connectivity index (χ2n) is 11.0. The number of carbonyl (C=O) groups excluding carboxylic acids is 1. The van der Waals surface area contributed by atoms with Crippen molar-refractivity contribution in [3.05, 3.63) is 54.1 Å². The number of esters is 1. The Hall–Kier alpha value is -2.73. The zero-order valence-electron chi connectivity index (χ0n) is 25.5. The summed E-state index contributed by atoms with van der Waals surface area (Å²) in [6.45, 7) is 2.94. The standard InChI is InChI=1S/C35H51N2O3S/c1-3-4-5-6-7-8-9-10-11-12-13-14-15-16-17-20-27-40-34(38)29-37-32-21-18-19-22-33(32)41-35(37)36-28-30-23-25-31(39-2)26-24-30/h18-19,21-26,28H,3-17,20,27,29H2,1-2H3/q+1. The van der Waals surface area contributed by atoms with E-state index in [1.807, 2.05) is 53.2 Å². The van der Waals surface area contributed by atoms with Gasteiger partial charge in [0.05, 0.1) is 18.4 Å². The number of aromatic nitrogens is 1. The highest BCUT2D eigenvalue weighted by Crippen LogP contribution is 2.26. The number of para-hydroxylation sites is 1. The Kier molecular flexibility index (Phi) is 16.1. The lowest BCUT2D eigenvalue weighted by molar-refractivity contribution is -0.643.